The summed E-state index contributed by atoms with van der Waals surface area (Å²) in [6.45, 7) is 0.138. The highest BCUT2D eigenvalue weighted by molar-refractivity contribution is 6.37. The number of halogens is 2. The highest BCUT2D eigenvalue weighted by Crippen LogP contribution is 2.35. The second-order valence-corrected chi connectivity index (χ2v) is 6.77. The smallest absolute Gasteiger partial charge is 0.335 e. The predicted molar refractivity (Wildman–Crippen MR) is 103 cm³/mol. The molecule has 0 saturated carbocycles. The molecule has 1 fully saturated rings. The molecule has 3 amide bonds. The van der Waals surface area contributed by atoms with E-state index in [2.05, 4.69) is 5.32 Å². The quantitative estimate of drug-likeness (QED) is 0.566. The van der Waals surface area contributed by atoms with Crippen molar-refractivity contribution in [3.8, 4) is 5.75 Å². The van der Waals surface area contributed by atoms with E-state index in [1.807, 2.05) is 0 Å². The van der Waals surface area contributed by atoms with Gasteiger partial charge in [0.05, 0.1) is 15.6 Å². The topological polar surface area (TPSA) is 95.9 Å². The van der Waals surface area contributed by atoms with Gasteiger partial charge in [0.25, 0.3) is 5.91 Å². The second kappa shape index (κ2) is 7.92. The lowest BCUT2D eigenvalue weighted by atomic mass is 10.1. The Morgan fingerprint density at radius 2 is 1.79 bits per heavy atom. The minimum atomic E-state index is -1.01. The third-order valence-electron chi connectivity index (χ3n) is 4.00. The summed E-state index contributed by atoms with van der Waals surface area (Å²) >= 11 is 12.5. The molecule has 2 aromatic rings. The number of aromatic carboxylic acids is 1. The molecule has 28 heavy (non-hydrogen) atoms. The van der Waals surface area contributed by atoms with Gasteiger partial charge < -0.3 is 15.2 Å². The highest BCUT2D eigenvalue weighted by Gasteiger charge is 2.30. The number of carbonyl (C=O) groups excluding carboxylic acids is 2. The molecule has 0 unspecified atom stereocenters. The van der Waals surface area contributed by atoms with E-state index in [0.29, 0.717) is 5.56 Å². The summed E-state index contributed by atoms with van der Waals surface area (Å²) in [5.74, 6) is -1.21. The number of benzene rings is 2. The number of urea groups is 1. The maximum Gasteiger partial charge on any atom is 0.335 e. The van der Waals surface area contributed by atoms with Crippen LogP contribution >= 0.6 is 23.2 Å². The molecule has 0 aliphatic carbocycles. The molecule has 3 rings (SSSR count). The number of rotatable bonds is 5. The SMILES string of the molecule is CN1C(=O)N/C(=C/c2cc(Cl)c(OCc3ccc(C(=O)O)cc3)c(Cl)c2)C1=O. The maximum absolute atomic E-state index is 11.9. The normalized spacial score (nSPS) is 15.1. The van der Waals surface area contributed by atoms with Crippen molar-refractivity contribution in [1.29, 1.82) is 0 Å². The zero-order valence-corrected chi connectivity index (χ0v) is 16.0. The largest absolute Gasteiger partial charge is 0.486 e. The number of hydrogen-bond acceptors (Lipinski definition) is 4. The van der Waals surface area contributed by atoms with E-state index in [0.717, 1.165) is 10.5 Å². The third kappa shape index (κ3) is 4.11. The fourth-order valence-electron chi connectivity index (χ4n) is 2.49. The highest BCUT2D eigenvalue weighted by atomic mass is 35.5. The van der Waals surface area contributed by atoms with Gasteiger partial charge in [0.15, 0.2) is 5.75 Å². The van der Waals surface area contributed by atoms with Crippen LogP contribution in [0.5, 0.6) is 5.75 Å². The molecular formula is C19H14Cl2N2O5. The number of imide groups is 1. The van der Waals surface area contributed by atoms with Crippen LogP contribution < -0.4 is 10.1 Å². The van der Waals surface area contributed by atoms with Crippen molar-refractivity contribution >= 4 is 47.2 Å². The molecule has 1 saturated heterocycles. The first-order valence-electron chi connectivity index (χ1n) is 8.01. The standard InChI is InChI=1S/C19H14Cl2N2O5/c1-23-17(24)15(22-19(23)27)8-11-6-13(20)16(14(21)7-11)28-9-10-2-4-12(5-3-10)18(25)26/h2-8H,9H2,1H3,(H,22,27)(H,25,26)/b15-8+. The number of carboxylic acids is 1. The van der Waals surface area contributed by atoms with Gasteiger partial charge in [-0.05, 0) is 41.5 Å². The molecule has 1 aliphatic rings. The molecule has 0 aromatic heterocycles. The van der Waals surface area contributed by atoms with Gasteiger partial charge in [-0.25, -0.2) is 9.59 Å². The molecule has 144 valence electrons. The Balaban J connectivity index is 1.76. The lowest BCUT2D eigenvalue weighted by molar-refractivity contribution is -0.121. The van der Waals surface area contributed by atoms with Crippen LogP contribution in [0.1, 0.15) is 21.5 Å². The predicted octanol–water partition coefficient (Wildman–Crippen LogP) is 3.79. The number of amides is 3. The molecule has 0 bridgehead atoms. The summed E-state index contributed by atoms with van der Waals surface area (Å²) in [7, 11) is 1.37. The minimum absolute atomic E-state index is 0.117. The number of carbonyl (C=O) groups is 3. The van der Waals surface area contributed by atoms with Gasteiger partial charge in [0.1, 0.15) is 12.3 Å². The molecule has 2 N–H and O–H groups in total. The first kappa shape index (κ1) is 19.7. The van der Waals surface area contributed by atoms with Crippen molar-refractivity contribution < 1.29 is 24.2 Å². The van der Waals surface area contributed by atoms with Gasteiger partial charge in [-0.15, -0.1) is 0 Å². The molecule has 9 heteroatoms. The summed E-state index contributed by atoms with van der Waals surface area (Å²) in [5.41, 5.74) is 1.56. The van der Waals surface area contributed by atoms with Crippen molar-refractivity contribution in [2.45, 2.75) is 6.61 Å². The summed E-state index contributed by atoms with van der Waals surface area (Å²) < 4.78 is 5.66. The van der Waals surface area contributed by atoms with E-state index in [9.17, 15) is 14.4 Å². The number of ether oxygens (including phenoxy) is 1. The van der Waals surface area contributed by atoms with Crippen LogP contribution in [0.25, 0.3) is 6.08 Å². The fourth-order valence-corrected chi connectivity index (χ4v) is 3.10. The Labute approximate surface area is 170 Å². The van der Waals surface area contributed by atoms with Gasteiger partial charge in [0.2, 0.25) is 0 Å². The summed E-state index contributed by atoms with van der Waals surface area (Å²) in [5, 5.41) is 11.8. The van der Waals surface area contributed by atoms with Crippen molar-refractivity contribution in [1.82, 2.24) is 10.2 Å². The van der Waals surface area contributed by atoms with Crippen molar-refractivity contribution in [3.63, 3.8) is 0 Å². The third-order valence-corrected chi connectivity index (χ3v) is 4.56. The Morgan fingerprint density at radius 1 is 1.18 bits per heavy atom. The Morgan fingerprint density at radius 3 is 2.29 bits per heavy atom. The van der Waals surface area contributed by atoms with Crippen LogP contribution in [0.3, 0.4) is 0 Å². The fraction of sp³-hybridized carbons (Fsp3) is 0.105. The average Bonchev–Trinajstić information content (AvgIpc) is 2.88. The van der Waals surface area contributed by atoms with Gasteiger partial charge in [-0.2, -0.15) is 0 Å². The zero-order valence-electron chi connectivity index (χ0n) is 14.5. The first-order valence-corrected chi connectivity index (χ1v) is 8.76. The Hall–Kier alpha value is -3.03. The van der Waals surface area contributed by atoms with E-state index in [1.54, 1.807) is 24.3 Å². The number of nitrogens with zero attached hydrogens (tertiary/aromatic N) is 1. The van der Waals surface area contributed by atoms with E-state index in [1.165, 1.54) is 25.3 Å². The van der Waals surface area contributed by atoms with E-state index < -0.39 is 17.9 Å². The molecule has 0 radical (unpaired) electrons. The van der Waals surface area contributed by atoms with Crippen molar-refractivity contribution in [3.05, 3.63) is 68.8 Å². The van der Waals surface area contributed by atoms with Crippen LogP contribution in [-0.2, 0) is 11.4 Å². The van der Waals surface area contributed by atoms with Crippen molar-refractivity contribution in [2.75, 3.05) is 7.05 Å². The van der Waals surface area contributed by atoms with E-state index in [-0.39, 0.29) is 33.7 Å². The van der Waals surface area contributed by atoms with Crippen LogP contribution in [-0.4, -0.2) is 35.0 Å². The molecule has 0 spiro atoms. The van der Waals surface area contributed by atoms with E-state index in [4.69, 9.17) is 33.0 Å². The molecule has 7 nitrogen and oxygen atoms in total. The first-order chi connectivity index (χ1) is 13.3. The number of hydrogen-bond donors (Lipinski definition) is 2. The summed E-state index contributed by atoms with van der Waals surface area (Å²) in [6.07, 6.45) is 1.47. The Kier molecular flexibility index (Phi) is 5.58. The molecule has 2 aromatic carbocycles. The molecule has 0 atom stereocenters. The molecule has 1 heterocycles. The number of nitrogens with one attached hydrogen (secondary N) is 1. The minimum Gasteiger partial charge on any atom is -0.486 e. The second-order valence-electron chi connectivity index (χ2n) is 5.96. The molecular weight excluding hydrogens is 407 g/mol. The average molecular weight is 421 g/mol. The van der Waals surface area contributed by atoms with Crippen LogP contribution in [0.15, 0.2) is 42.1 Å². The summed E-state index contributed by atoms with van der Waals surface area (Å²) in [4.78, 5) is 35.3. The van der Waals surface area contributed by atoms with Gasteiger partial charge >= 0.3 is 12.0 Å². The summed E-state index contributed by atoms with van der Waals surface area (Å²) in [6, 6.07) is 8.82. The lowest BCUT2D eigenvalue weighted by Crippen LogP contribution is -2.25. The zero-order chi connectivity index (χ0) is 20.4. The van der Waals surface area contributed by atoms with Crippen molar-refractivity contribution in [2.24, 2.45) is 0 Å². The van der Waals surface area contributed by atoms with Gasteiger partial charge in [-0.3, -0.25) is 9.69 Å². The lowest BCUT2D eigenvalue weighted by Gasteiger charge is -2.11. The molecule has 1 aliphatic heterocycles. The maximum atomic E-state index is 11.9. The monoisotopic (exact) mass is 420 g/mol. The number of carboxylic acid groups (broad SMARTS) is 1. The van der Waals surface area contributed by atoms with Crippen LogP contribution in [0.4, 0.5) is 4.79 Å². The van der Waals surface area contributed by atoms with Gasteiger partial charge in [-0.1, -0.05) is 35.3 Å². The van der Waals surface area contributed by atoms with Crippen LogP contribution in [0, 0.1) is 0 Å². The number of likely N-dealkylation sites (N-methyl/N-ethyl adjacent to an activating group) is 1. The Bertz CT molecular complexity index is 979. The van der Waals surface area contributed by atoms with Gasteiger partial charge in [0, 0.05) is 7.05 Å². The van der Waals surface area contributed by atoms with E-state index >= 15 is 0 Å². The van der Waals surface area contributed by atoms with Crippen LogP contribution in [0.2, 0.25) is 10.0 Å².